The molecule has 0 fully saturated rings. The third-order valence-corrected chi connectivity index (χ3v) is 3.80. The minimum Gasteiger partial charge on any atom is -0.323 e. The van der Waals surface area contributed by atoms with Crippen LogP contribution in [0.2, 0.25) is 0 Å². The predicted octanol–water partition coefficient (Wildman–Crippen LogP) is 1.15. The van der Waals surface area contributed by atoms with Crippen LogP contribution < -0.4 is 21.6 Å². The number of nitro benzene ring substituents is 1. The lowest BCUT2D eigenvalue weighted by atomic mass is 10.2. The quantitative estimate of drug-likeness (QED) is 0.426. The summed E-state index contributed by atoms with van der Waals surface area (Å²) in [5.41, 5.74) is 2.12. The fourth-order valence-electron chi connectivity index (χ4n) is 2.69. The van der Waals surface area contributed by atoms with Crippen molar-refractivity contribution >= 4 is 33.4 Å². The number of non-ortho nitro benzene ring substituents is 1. The van der Waals surface area contributed by atoms with E-state index < -0.39 is 26.8 Å². The Balaban J connectivity index is 1.87. The first-order valence-corrected chi connectivity index (χ1v) is 7.21. The van der Waals surface area contributed by atoms with Crippen molar-refractivity contribution in [1.82, 2.24) is 9.97 Å². The van der Waals surface area contributed by atoms with E-state index in [1.54, 1.807) is 6.07 Å². The van der Waals surface area contributed by atoms with Crippen molar-refractivity contribution in [3.05, 3.63) is 78.4 Å². The molecule has 1 heterocycles. The predicted molar refractivity (Wildman–Crippen MR) is 90.8 cm³/mol. The normalized spacial score (nSPS) is 12.1. The van der Waals surface area contributed by atoms with Crippen molar-refractivity contribution in [3.8, 4) is 0 Å². The smallest absolute Gasteiger partial charge is 0.281 e. The molecular formula is C16H9N5O4. The number of H-pyrrole nitrogens is 1. The van der Waals surface area contributed by atoms with E-state index in [0.717, 1.165) is 5.52 Å². The minimum atomic E-state index is -0.782. The summed E-state index contributed by atoms with van der Waals surface area (Å²) < 4.78 is 0. The Morgan fingerprint density at radius 3 is 2.64 bits per heavy atom. The Morgan fingerprint density at radius 2 is 1.88 bits per heavy atom. The van der Waals surface area contributed by atoms with E-state index in [2.05, 4.69) is 20.5 Å². The van der Waals surface area contributed by atoms with E-state index in [1.165, 1.54) is 18.2 Å². The van der Waals surface area contributed by atoms with Gasteiger partial charge in [-0.1, -0.05) is 18.2 Å². The third-order valence-electron chi connectivity index (χ3n) is 3.80. The molecule has 1 aromatic heterocycles. The summed E-state index contributed by atoms with van der Waals surface area (Å²) >= 11 is 0. The number of aromatic nitrogens is 2. The molecule has 0 amide bonds. The summed E-state index contributed by atoms with van der Waals surface area (Å²) in [7, 11) is 0. The first-order chi connectivity index (χ1) is 12.1. The monoisotopic (exact) mass is 335 g/mol. The van der Waals surface area contributed by atoms with Crippen LogP contribution in [0.4, 0.5) is 11.6 Å². The molecule has 2 N–H and O–H groups in total. The Morgan fingerprint density at radius 1 is 1.08 bits per heavy atom. The van der Waals surface area contributed by atoms with Crippen LogP contribution in [-0.4, -0.2) is 14.9 Å². The Kier molecular flexibility index (Phi) is 3.14. The number of imidazole rings is 1. The molecule has 3 aromatic carbocycles. The molecule has 0 radical (unpaired) electrons. The molecule has 122 valence electrons. The van der Waals surface area contributed by atoms with Gasteiger partial charge in [0, 0.05) is 11.5 Å². The number of anilines is 1. The molecule has 25 heavy (non-hydrogen) atoms. The van der Waals surface area contributed by atoms with Gasteiger partial charge in [0.2, 0.25) is 16.8 Å². The second-order valence-corrected chi connectivity index (χ2v) is 5.29. The number of benzene rings is 2. The number of nitrogens with one attached hydrogen (secondary N) is 2. The van der Waals surface area contributed by atoms with Gasteiger partial charge in [0.1, 0.15) is 5.39 Å². The molecule has 0 bridgehead atoms. The van der Waals surface area contributed by atoms with Gasteiger partial charge in [-0.25, -0.2) is 10.4 Å². The third kappa shape index (κ3) is 2.26. The van der Waals surface area contributed by atoms with E-state index in [1.807, 2.05) is 18.2 Å². The average molecular weight is 335 g/mol. The average Bonchev–Trinajstić information content (AvgIpc) is 3.13. The highest BCUT2D eigenvalue weighted by atomic mass is 16.6. The van der Waals surface area contributed by atoms with Crippen molar-refractivity contribution in [2.24, 2.45) is 5.10 Å². The second kappa shape index (κ2) is 5.34. The van der Waals surface area contributed by atoms with Crippen molar-refractivity contribution in [2.45, 2.75) is 0 Å². The topological polar surface area (TPSA) is 130 Å². The zero-order chi connectivity index (χ0) is 17.6. The molecule has 0 saturated carbocycles. The number of aromatic amines is 1. The van der Waals surface area contributed by atoms with Crippen LogP contribution in [0, 0.1) is 10.1 Å². The second-order valence-electron chi connectivity index (χ2n) is 5.29. The Hall–Kier alpha value is -3.88. The highest BCUT2D eigenvalue weighted by Crippen LogP contribution is 2.19. The van der Waals surface area contributed by atoms with Gasteiger partial charge in [0.25, 0.3) is 5.69 Å². The number of hydrogen-bond acceptors (Lipinski definition) is 7. The van der Waals surface area contributed by atoms with Gasteiger partial charge in [-0.2, -0.15) is 5.10 Å². The Labute approximate surface area is 138 Å². The van der Waals surface area contributed by atoms with E-state index >= 15 is 0 Å². The molecule has 0 aliphatic carbocycles. The van der Waals surface area contributed by atoms with E-state index in [9.17, 15) is 19.7 Å². The molecule has 9 nitrogen and oxygen atoms in total. The van der Waals surface area contributed by atoms with Crippen LogP contribution in [0.15, 0.2) is 57.2 Å². The molecule has 4 aromatic rings. The number of hydrogen-bond donors (Lipinski definition) is 2. The summed E-state index contributed by atoms with van der Waals surface area (Å²) in [5.74, 6) is 0.250. The van der Waals surface area contributed by atoms with E-state index in [-0.39, 0.29) is 16.7 Å². The molecule has 0 aliphatic rings. The van der Waals surface area contributed by atoms with Crippen molar-refractivity contribution < 1.29 is 4.92 Å². The van der Waals surface area contributed by atoms with Crippen molar-refractivity contribution in [3.63, 3.8) is 0 Å². The van der Waals surface area contributed by atoms with Crippen LogP contribution in [0.5, 0.6) is 0 Å². The maximum Gasteiger partial charge on any atom is 0.281 e. The van der Waals surface area contributed by atoms with Gasteiger partial charge in [-0.05, 0) is 18.2 Å². The lowest BCUT2D eigenvalue weighted by Crippen LogP contribution is -2.32. The maximum absolute atomic E-state index is 12.4. The molecule has 0 saturated heterocycles. The standard InChI is InChI=1S/C16H9N5O4/c22-14-8-4-3-7-11(21(24)25)12(8)15(23)13(14)19-20-16-17-9-5-1-2-6-10(9)18-16/h1-7H,(H2,17,18,20)/b19-13+. The number of rotatable bonds is 3. The van der Waals surface area contributed by atoms with Crippen LogP contribution in [0.3, 0.4) is 0 Å². The van der Waals surface area contributed by atoms with Crippen LogP contribution in [0.25, 0.3) is 21.8 Å². The zero-order valence-electron chi connectivity index (χ0n) is 12.5. The van der Waals surface area contributed by atoms with E-state index in [4.69, 9.17) is 0 Å². The molecule has 0 unspecified atom stereocenters. The summed E-state index contributed by atoms with van der Waals surface area (Å²) in [6, 6.07) is 11.2. The van der Waals surface area contributed by atoms with Gasteiger partial charge >= 0.3 is 0 Å². The van der Waals surface area contributed by atoms with Crippen molar-refractivity contribution in [2.75, 3.05) is 5.43 Å². The lowest BCUT2D eigenvalue weighted by Gasteiger charge is -1.90. The highest BCUT2D eigenvalue weighted by Gasteiger charge is 2.20. The molecule has 4 rings (SSSR count). The van der Waals surface area contributed by atoms with Gasteiger partial charge in [-0.3, -0.25) is 19.7 Å². The van der Waals surface area contributed by atoms with Gasteiger partial charge in [0.15, 0.2) is 5.36 Å². The largest absolute Gasteiger partial charge is 0.323 e. The first kappa shape index (κ1) is 14.7. The number of fused-ring (bicyclic) bond motifs is 2. The summed E-state index contributed by atoms with van der Waals surface area (Å²) in [5, 5.41) is 14.2. The fourth-order valence-corrected chi connectivity index (χ4v) is 2.69. The van der Waals surface area contributed by atoms with Crippen LogP contribution >= 0.6 is 0 Å². The molecule has 0 aliphatic heterocycles. The van der Waals surface area contributed by atoms with Gasteiger partial charge in [-0.15, -0.1) is 0 Å². The van der Waals surface area contributed by atoms with Gasteiger partial charge in [0.05, 0.1) is 16.0 Å². The van der Waals surface area contributed by atoms with Crippen LogP contribution in [0.1, 0.15) is 0 Å². The van der Waals surface area contributed by atoms with Crippen molar-refractivity contribution in [1.29, 1.82) is 0 Å². The minimum absolute atomic E-state index is 0.0237. The first-order valence-electron chi connectivity index (χ1n) is 7.21. The lowest BCUT2D eigenvalue weighted by molar-refractivity contribution is -0.383. The summed E-state index contributed by atoms with van der Waals surface area (Å²) in [4.78, 5) is 42.3. The molecular weight excluding hydrogens is 326 g/mol. The number of para-hydroxylation sites is 2. The fraction of sp³-hybridized carbons (Fsp3) is 0. The molecule has 0 atom stereocenters. The maximum atomic E-state index is 12.4. The zero-order valence-corrected chi connectivity index (χ0v) is 12.5. The molecule has 0 spiro atoms. The van der Waals surface area contributed by atoms with E-state index in [0.29, 0.717) is 5.52 Å². The SMILES string of the molecule is O=c1/c(=N\Nc2nc3ccccc3[nH]2)c(=O)c2c([N+](=O)[O-])cccc12. The highest BCUT2D eigenvalue weighted by molar-refractivity contribution is 5.91. The Bertz CT molecular complexity index is 1260. The summed E-state index contributed by atoms with van der Waals surface area (Å²) in [6.45, 7) is 0. The van der Waals surface area contributed by atoms with Crippen LogP contribution in [-0.2, 0) is 0 Å². The molecule has 9 heteroatoms. The van der Waals surface area contributed by atoms with Gasteiger partial charge < -0.3 is 4.98 Å². The summed E-state index contributed by atoms with van der Waals surface area (Å²) in [6.07, 6.45) is 0. The number of nitrogens with zero attached hydrogens (tertiary/aromatic N) is 3. The number of nitro groups is 1.